The number of methoxy groups -OCH3 is 1. The minimum atomic E-state index is 0.259. The molecule has 0 aromatic carbocycles. The van der Waals surface area contributed by atoms with Crippen LogP contribution in [-0.2, 0) is 11.3 Å². The second-order valence-electron chi connectivity index (χ2n) is 4.55. The average Bonchev–Trinajstić information content (AvgIpc) is 2.78. The summed E-state index contributed by atoms with van der Waals surface area (Å²) in [4.78, 5) is 0. The zero-order valence-corrected chi connectivity index (χ0v) is 9.89. The first-order valence-corrected chi connectivity index (χ1v) is 5.94. The Balaban J connectivity index is 1.91. The minimum Gasteiger partial charge on any atom is -0.483 e. The molecular formula is C12H16N4O. The summed E-state index contributed by atoms with van der Waals surface area (Å²) in [5.74, 6) is 0.903. The second-order valence-corrected chi connectivity index (χ2v) is 4.55. The fourth-order valence-electron chi connectivity index (χ4n) is 2.20. The zero-order chi connectivity index (χ0) is 11.8. The number of nitrogens with zero attached hydrogens (tertiary/aromatic N) is 3. The van der Waals surface area contributed by atoms with Gasteiger partial charge in [-0.3, -0.25) is 5.41 Å². The molecule has 5 nitrogen and oxygen atoms in total. The Morgan fingerprint density at radius 2 is 2.35 bits per heavy atom. The van der Waals surface area contributed by atoms with Gasteiger partial charge in [0.2, 0.25) is 5.90 Å². The van der Waals surface area contributed by atoms with Gasteiger partial charge >= 0.3 is 0 Å². The van der Waals surface area contributed by atoms with Gasteiger partial charge in [-0.1, -0.05) is 6.42 Å². The van der Waals surface area contributed by atoms with Crippen molar-refractivity contribution in [2.24, 2.45) is 0 Å². The summed E-state index contributed by atoms with van der Waals surface area (Å²) in [6.07, 6.45) is 7.70. The largest absolute Gasteiger partial charge is 0.483 e. The van der Waals surface area contributed by atoms with Crippen LogP contribution < -0.4 is 0 Å². The van der Waals surface area contributed by atoms with Crippen molar-refractivity contribution in [3.63, 3.8) is 0 Å². The molecule has 1 aliphatic rings. The molecule has 0 aliphatic heterocycles. The van der Waals surface area contributed by atoms with E-state index < -0.39 is 0 Å². The van der Waals surface area contributed by atoms with E-state index in [9.17, 15) is 0 Å². The van der Waals surface area contributed by atoms with Crippen molar-refractivity contribution < 1.29 is 4.74 Å². The quantitative estimate of drug-likeness (QED) is 0.650. The molecule has 0 bridgehead atoms. The normalized spacial score (nSPS) is 16.1. The van der Waals surface area contributed by atoms with Crippen LogP contribution in [-0.4, -0.2) is 27.2 Å². The number of fused-ring (bicyclic) bond motifs is 1. The summed E-state index contributed by atoms with van der Waals surface area (Å²) in [5, 5.41) is 12.1. The standard InChI is InChI=1S/C12H16N4O/c1-17-11(13)8-15-5-6-16-12(15)7-10(14-16)9-3-2-4-9/h5-7,9,13H,2-4,8H2,1H3. The molecule has 2 aromatic rings. The summed E-state index contributed by atoms with van der Waals surface area (Å²) in [6.45, 7) is 0.461. The maximum Gasteiger partial charge on any atom is 0.200 e. The summed E-state index contributed by atoms with van der Waals surface area (Å²) < 4.78 is 8.76. The zero-order valence-electron chi connectivity index (χ0n) is 9.89. The number of aromatic nitrogens is 3. The van der Waals surface area contributed by atoms with Crippen molar-refractivity contribution in [1.29, 1.82) is 5.41 Å². The van der Waals surface area contributed by atoms with Gasteiger partial charge in [-0.2, -0.15) is 5.10 Å². The van der Waals surface area contributed by atoms with Crippen LogP contribution in [0.25, 0.3) is 5.65 Å². The van der Waals surface area contributed by atoms with Gasteiger partial charge in [-0.25, -0.2) is 4.52 Å². The molecule has 90 valence electrons. The van der Waals surface area contributed by atoms with Gasteiger partial charge in [0.25, 0.3) is 0 Å². The van der Waals surface area contributed by atoms with E-state index in [-0.39, 0.29) is 5.90 Å². The van der Waals surface area contributed by atoms with Crippen molar-refractivity contribution >= 4 is 11.5 Å². The summed E-state index contributed by atoms with van der Waals surface area (Å²) >= 11 is 0. The van der Waals surface area contributed by atoms with Crippen molar-refractivity contribution in [1.82, 2.24) is 14.2 Å². The molecule has 3 rings (SSSR count). The van der Waals surface area contributed by atoms with Gasteiger partial charge in [0.15, 0.2) is 0 Å². The number of nitrogens with one attached hydrogen (secondary N) is 1. The van der Waals surface area contributed by atoms with Gasteiger partial charge in [0.1, 0.15) is 5.65 Å². The summed E-state index contributed by atoms with van der Waals surface area (Å²) in [7, 11) is 1.53. The van der Waals surface area contributed by atoms with Gasteiger partial charge in [-0.15, -0.1) is 0 Å². The first-order valence-electron chi connectivity index (χ1n) is 5.94. The van der Waals surface area contributed by atoms with E-state index in [1.807, 2.05) is 21.5 Å². The molecule has 1 saturated carbocycles. The van der Waals surface area contributed by atoms with E-state index >= 15 is 0 Å². The maximum atomic E-state index is 7.55. The lowest BCUT2D eigenvalue weighted by Crippen LogP contribution is -2.10. The highest BCUT2D eigenvalue weighted by Gasteiger charge is 2.22. The molecule has 5 heteroatoms. The maximum absolute atomic E-state index is 7.55. The molecule has 17 heavy (non-hydrogen) atoms. The van der Waals surface area contributed by atoms with Crippen LogP contribution in [0.3, 0.4) is 0 Å². The van der Waals surface area contributed by atoms with Crippen LogP contribution in [0.1, 0.15) is 30.9 Å². The highest BCUT2D eigenvalue weighted by molar-refractivity contribution is 5.73. The monoisotopic (exact) mass is 232 g/mol. The molecule has 1 N–H and O–H groups in total. The average molecular weight is 232 g/mol. The van der Waals surface area contributed by atoms with Gasteiger partial charge in [-0.05, 0) is 12.8 Å². The Hall–Kier alpha value is -1.78. The molecule has 0 saturated heterocycles. The molecule has 1 aliphatic carbocycles. The molecule has 0 unspecified atom stereocenters. The Bertz CT molecular complexity index is 550. The van der Waals surface area contributed by atoms with Gasteiger partial charge in [0.05, 0.1) is 19.3 Å². The number of hydrogen-bond donors (Lipinski definition) is 1. The lowest BCUT2D eigenvalue weighted by atomic mass is 9.83. The van der Waals surface area contributed by atoms with Crippen molar-refractivity contribution in [3.8, 4) is 0 Å². The SMILES string of the molecule is COC(=N)Cn1ccn2nc(C3CCC3)cc12. The highest BCUT2D eigenvalue weighted by Crippen LogP contribution is 2.35. The van der Waals surface area contributed by atoms with Crippen LogP contribution in [0.15, 0.2) is 18.5 Å². The first-order chi connectivity index (χ1) is 8.28. The Morgan fingerprint density at radius 3 is 3.00 bits per heavy atom. The lowest BCUT2D eigenvalue weighted by Gasteiger charge is -2.22. The fourth-order valence-corrected chi connectivity index (χ4v) is 2.20. The molecule has 0 radical (unpaired) electrons. The predicted octanol–water partition coefficient (Wildman–Crippen LogP) is 2.03. The fraction of sp³-hybridized carbons (Fsp3) is 0.500. The van der Waals surface area contributed by atoms with E-state index in [0.717, 1.165) is 5.65 Å². The van der Waals surface area contributed by atoms with Gasteiger partial charge in [0, 0.05) is 24.4 Å². The lowest BCUT2D eigenvalue weighted by molar-refractivity contribution is 0.382. The van der Waals surface area contributed by atoms with Crippen molar-refractivity contribution in [3.05, 3.63) is 24.2 Å². The van der Waals surface area contributed by atoms with Crippen molar-refractivity contribution in [2.75, 3.05) is 7.11 Å². The van der Waals surface area contributed by atoms with E-state index in [1.165, 1.54) is 32.1 Å². The third kappa shape index (κ3) is 1.71. The summed E-state index contributed by atoms with van der Waals surface area (Å²) in [6, 6.07) is 2.13. The predicted molar refractivity (Wildman–Crippen MR) is 64.5 cm³/mol. The number of rotatable bonds is 3. The number of hydrogen-bond acceptors (Lipinski definition) is 3. The van der Waals surface area contributed by atoms with Crippen molar-refractivity contribution in [2.45, 2.75) is 31.7 Å². The Kier molecular flexibility index (Phi) is 2.39. The molecule has 2 aromatic heterocycles. The molecule has 0 atom stereocenters. The van der Waals surface area contributed by atoms with Crippen LogP contribution in [0, 0.1) is 5.41 Å². The smallest absolute Gasteiger partial charge is 0.200 e. The third-order valence-electron chi connectivity index (χ3n) is 3.50. The molecule has 0 spiro atoms. The van der Waals surface area contributed by atoms with E-state index in [2.05, 4.69) is 11.2 Å². The first kappa shape index (κ1) is 10.4. The molecule has 0 amide bonds. The second kappa shape index (κ2) is 3.91. The molecular weight excluding hydrogens is 216 g/mol. The number of imidazole rings is 1. The Morgan fingerprint density at radius 1 is 1.53 bits per heavy atom. The third-order valence-corrected chi connectivity index (χ3v) is 3.50. The molecule has 2 heterocycles. The topological polar surface area (TPSA) is 55.3 Å². The van der Waals surface area contributed by atoms with Crippen LogP contribution in [0.2, 0.25) is 0 Å². The summed E-state index contributed by atoms with van der Waals surface area (Å²) in [5.41, 5.74) is 2.22. The number of ether oxygens (including phenoxy) is 1. The van der Waals surface area contributed by atoms with Crippen LogP contribution in [0.5, 0.6) is 0 Å². The Labute approximate surface area is 99.5 Å². The van der Waals surface area contributed by atoms with E-state index in [0.29, 0.717) is 12.5 Å². The minimum absolute atomic E-state index is 0.259. The van der Waals surface area contributed by atoms with E-state index in [1.54, 1.807) is 0 Å². The van der Waals surface area contributed by atoms with E-state index in [4.69, 9.17) is 10.1 Å². The van der Waals surface area contributed by atoms with Crippen LogP contribution >= 0.6 is 0 Å². The van der Waals surface area contributed by atoms with Gasteiger partial charge < -0.3 is 9.30 Å². The molecule has 1 fully saturated rings. The van der Waals surface area contributed by atoms with Crippen LogP contribution in [0.4, 0.5) is 0 Å². The highest BCUT2D eigenvalue weighted by atomic mass is 16.5.